The number of hydrogen-bond acceptors (Lipinski definition) is 1. The molecule has 0 aromatic heterocycles. The zero-order valence-electron chi connectivity index (χ0n) is 20.7. The van der Waals surface area contributed by atoms with Gasteiger partial charge in [0.25, 0.3) is 0 Å². The predicted molar refractivity (Wildman–Crippen MR) is 143 cm³/mol. The molecule has 0 saturated heterocycles. The summed E-state index contributed by atoms with van der Waals surface area (Å²) in [4.78, 5) is 12.1. The Labute approximate surface area is 221 Å². The summed E-state index contributed by atoms with van der Waals surface area (Å²) in [5, 5.41) is 0.341. The van der Waals surface area contributed by atoms with Gasteiger partial charge in [-0.3, -0.25) is 4.57 Å². The fraction of sp³-hybridized carbons (Fsp3) is 0.143. The van der Waals surface area contributed by atoms with Crippen LogP contribution in [-0.4, -0.2) is 4.89 Å². The van der Waals surface area contributed by atoms with Crippen LogP contribution in [-0.2, 0) is 16.9 Å². The topological polar surface area (TPSA) is 49.7 Å². The number of alkyl halides is 6. The van der Waals surface area contributed by atoms with E-state index in [0.29, 0.717) is 0 Å². The van der Waals surface area contributed by atoms with Gasteiger partial charge in [-0.2, -0.15) is 26.3 Å². The maximum Gasteiger partial charge on any atom is 0.416 e. The Morgan fingerprint density at radius 2 is 0.821 bits per heavy atom. The van der Waals surface area contributed by atoms with Crippen molar-refractivity contribution in [1.29, 1.82) is 0 Å². The third kappa shape index (κ3) is 6.06. The standard InChI is InChI=1S/C28H23F6NO2P2/c1-19-3-11-23(12-4-19)38(36,25-15-7-21(8-16-25)27(29,30)31)35-39(37,24-13-5-20(2)6-14-24)26-17-9-22(10-18-26)28(32,33)34/h3-18,36H,1-2H3. The van der Waals surface area contributed by atoms with Crippen molar-refractivity contribution >= 4 is 35.8 Å². The van der Waals surface area contributed by atoms with Gasteiger partial charge in [-0.15, -0.1) is 0 Å². The van der Waals surface area contributed by atoms with Crippen LogP contribution in [0, 0.1) is 13.8 Å². The minimum absolute atomic E-state index is 0.0126. The Bertz CT molecular complexity index is 1560. The molecule has 0 fully saturated rings. The quantitative estimate of drug-likeness (QED) is 0.198. The summed E-state index contributed by atoms with van der Waals surface area (Å²) in [5.74, 6) is 0. The van der Waals surface area contributed by atoms with Gasteiger partial charge in [0.05, 0.1) is 11.1 Å². The zero-order chi connectivity index (χ0) is 28.6. The number of nitrogens with zero attached hydrogens (tertiary/aromatic N) is 1. The summed E-state index contributed by atoms with van der Waals surface area (Å²) >= 11 is 0. The minimum atomic E-state index is -4.63. The molecule has 4 rings (SSSR count). The van der Waals surface area contributed by atoms with E-state index in [-0.39, 0.29) is 21.2 Å². The Morgan fingerprint density at radius 3 is 1.15 bits per heavy atom. The van der Waals surface area contributed by atoms with Crippen molar-refractivity contribution in [1.82, 2.24) is 0 Å². The van der Waals surface area contributed by atoms with E-state index in [4.69, 9.17) is 0 Å². The smallest absolute Gasteiger partial charge is 0.353 e. The van der Waals surface area contributed by atoms with Crippen LogP contribution in [0.3, 0.4) is 0 Å². The van der Waals surface area contributed by atoms with E-state index >= 15 is 0 Å². The highest BCUT2D eigenvalue weighted by atomic mass is 31.2. The molecule has 0 aliphatic carbocycles. The monoisotopic (exact) mass is 581 g/mol. The highest BCUT2D eigenvalue weighted by Crippen LogP contribution is 2.58. The predicted octanol–water partition coefficient (Wildman–Crippen LogP) is 7.33. The molecular formula is C28H23F6NO2P2. The molecule has 204 valence electrons. The van der Waals surface area contributed by atoms with Crippen LogP contribution in [0.2, 0.25) is 0 Å². The Morgan fingerprint density at radius 1 is 0.538 bits per heavy atom. The second-order valence-electron chi connectivity index (χ2n) is 9.03. The molecule has 4 aromatic carbocycles. The Hall–Kier alpha value is -3.12. The van der Waals surface area contributed by atoms with Gasteiger partial charge in [0.15, 0.2) is 0 Å². The van der Waals surface area contributed by atoms with E-state index in [1.807, 2.05) is 0 Å². The van der Waals surface area contributed by atoms with Crippen molar-refractivity contribution in [3.05, 3.63) is 119 Å². The largest absolute Gasteiger partial charge is 0.416 e. The van der Waals surface area contributed by atoms with E-state index in [9.17, 15) is 35.8 Å². The normalized spacial score (nSPS) is 15.3. The molecule has 0 spiro atoms. The molecule has 0 amide bonds. The van der Waals surface area contributed by atoms with Crippen LogP contribution in [0.1, 0.15) is 22.3 Å². The molecule has 1 N–H and O–H groups in total. The summed E-state index contributed by atoms with van der Waals surface area (Å²) in [5.41, 5.74) is -0.231. The van der Waals surface area contributed by atoms with Crippen molar-refractivity contribution in [2.24, 2.45) is 4.52 Å². The average Bonchev–Trinajstić information content (AvgIpc) is 2.88. The van der Waals surface area contributed by atoms with Gasteiger partial charge in [-0.25, -0.2) is 4.52 Å². The van der Waals surface area contributed by atoms with E-state index < -0.39 is 38.1 Å². The van der Waals surface area contributed by atoms with Crippen LogP contribution in [0.5, 0.6) is 0 Å². The SMILES string of the molecule is Cc1ccc(P(=O)(N=P(O)(c2ccc(C)cc2)c2ccc(C(F)(F)F)cc2)c2ccc(C(F)(F)F)cc2)cc1. The molecule has 0 aliphatic heterocycles. The molecule has 0 bridgehead atoms. The minimum Gasteiger partial charge on any atom is -0.353 e. The van der Waals surface area contributed by atoms with Gasteiger partial charge in [-0.1, -0.05) is 47.5 Å². The molecule has 3 nitrogen and oxygen atoms in total. The second kappa shape index (κ2) is 10.5. The summed E-state index contributed by atoms with van der Waals surface area (Å²) in [7, 11) is -8.19. The van der Waals surface area contributed by atoms with Gasteiger partial charge < -0.3 is 4.89 Å². The molecule has 0 aliphatic rings. The number of halogens is 6. The first kappa shape index (κ1) is 28.9. The van der Waals surface area contributed by atoms with Gasteiger partial charge in [0.2, 0.25) is 7.29 Å². The van der Waals surface area contributed by atoms with Crippen molar-refractivity contribution in [2.75, 3.05) is 0 Å². The lowest BCUT2D eigenvalue weighted by molar-refractivity contribution is -0.138. The fourth-order valence-electron chi connectivity index (χ4n) is 3.90. The average molecular weight is 581 g/mol. The van der Waals surface area contributed by atoms with Crippen molar-refractivity contribution < 1.29 is 35.8 Å². The van der Waals surface area contributed by atoms with Crippen molar-refractivity contribution in [3.8, 4) is 0 Å². The van der Waals surface area contributed by atoms with E-state index in [1.165, 1.54) is 12.1 Å². The lowest BCUT2D eigenvalue weighted by atomic mass is 10.2. The van der Waals surface area contributed by atoms with Gasteiger partial charge in [-0.05, 0) is 74.5 Å². The number of benzene rings is 4. The molecule has 0 heterocycles. The third-order valence-corrected chi connectivity index (χ3v) is 12.2. The molecule has 11 heteroatoms. The van der Waals surface area contributed by atoms with Crippen LogP contribution < -0.4 is 21.2 Å². The highest BCUT2D eigenvalue weighted by molar-refractivity contribution is 7.87. The first-order valence-electron chi connectivity index (χ1n) is 11.6. The lowest BCUT2D eigenvalue weighted by Crippen LogP contribution is -2.20. The first-order chi connectivity index (χ1) is 18.1. The summed E-state index contributed by atoms with van der Waals surface area (Å²) in [6, 6.07) is 20.3. The van der Waals surface area contributed by atoms with Gasteiger partial charge in [0.1, 0.15) is 7.28 Å². The maximum absolute atomic E-state index is 14.8. The molecule has 0 saturated carbocycles. The maximum atomic E-state index is 14.8. The summed E-state index contributed by atoms with van der Waals surface area (Å²) < 4.78 is 98.8. The molecule has 39 heavy (non-hydrogen) atoms. The van der Waals surface area contributed by atoms with Crippen molar-refractivity contribution in [2.45, 2.75) is 26.2 Å². The molecule has 4 aromatic rings. The zero-order valence-corrected chi connectivity index (χ0v) is 22.5. The molecule has 2 unspecified atom stereocenters. The molecular weight excluding hydrogens is 558 g/mol. The van der Waals surface area contributed by atoms with Crippen LogP contribution in [0.15, 0.2) is 102 Å². The van der Waals surface area contributed by atoms with Gasteiger partial charge in [0, 0.05) is 21.2 Å². The fourth-order valence-corrected chi connectivity index (χ4v) is 9.84. The number of aryl methyl sites for hydroxylation is 2. The van der Waals surface area contributed by atoms with E-state index in [0.717, 1.165) is 59.7 Å². The number of hydrogen-bond donors (Lipinski definition) is 1. The van der Waals surface area contributed by atoms with Gasteiger partial charge >= 0.3 is 12.4 Å². The number of rotatable bonds is 5. The van der Waals surface area contributed by atoms with E-state index in [1.54, 1.807) is 50.2 Å². The second-order valence-corrected chi connectivity index (χ2v) is 14.2. The summed E-state index contributed by atoms with van der Waals surface area (Å²) in [6.45, 7) is 3.60. The van der Waals surface area contributed by atoms with Crippen molar-refractivity contribution in [3.63, 3.8) is 0 Å². The third-order valence-electron chi connectivity index (χ3n) is 6.13. The van der Waals surface area contributed by atoms with E-state index in [2.05, 4.69) is 4.52 Å². The Kier molecular flexibility index (Phi) is 7.74. The molecule has 2 atom stereocenters. The van der Waals surface area contributed by atoms with Crippen LogP contribution in [0.25, 0.3) is 0 Å². The van der Waals surface area contributed by atoms with Crippen LogP contribution >= 0.6 is 14.6 Å². The van der Waals surface area contributed by atoms with Crippen LogP contribution in [0.4, 0.5) is 26.3 Å². The Balaban J connectivity index is 2.03. The summed E-state index contributed by atoms with van der Waals surface area (Å²) in [6.07, 6.45) is -9.24. The lowest BCUT2D eigenvalue weighted by Gasteiger charge is -2.25. The highest BCUT2D eigenvalue weighted by Gasteiger charge is 2.36. The molecule has 0 radical (unpaired) electrons. The first-order valence-corrected chi connectivity index (χ1v) is 15.0.